The van der Waals surface area contributed by atoms with Crippen LogP contribution in [0.25, 0.3) is 0 Å². The Hall–Kier alpha value is -2.64. The molecule has 1 aromatic rings. The maximum atomic E-state index is 13.8. The minimum atomic E-state index is -1.19. The van der Waals surface area contributed by atoms with Gasteiger partial charge in [0.25, 0.3) is 5.91 Å². The lowest BCUT2D eigenvalue weighted by Crippen LogP contribution is -2.33. The van der Waals surface area contributed by atoms with Crippen molar-refractivity contribution in [3.63, 3.8) is 0 Å². The van der Waals surface area contributed by atoms with Gasteiger partial charge in [0.05, 0.1) is 5.56 Å². The van der Waals surface area contributed by atoms with Crippen LogP contribution in [0.1, 0.15) is 10.4 Å². The number of benzene rings is 1. The molecule has 21 heavy (non-hydrogen) atoms. The molecule has 0 saturated carbocycles. The molecule has 1 saturated heterocycles. The van der Waals surface area contributed by atoms with Gasteiger partial charge in [-0.25, -0.2) is 9.18 Å². The van der Waals surface area contributed by atoms with Gasteiger partial charge in [-0.3, -0.25) is 14.5 Å². The second-order valence-corrected chi connectivity index (χ2v) is 4.60. The van der Waals surface area contributed by atoms with Crippen LogP contribution < -0.4 is 10.2 Å². The molecule has 1 fully saturated rings. The van der Waals surface area contributed by atoms with Gasteiger partial charge in [-0.1, -0.05) is 0 Å². The fourth-order valence-electron chi connectivity index (χ4n) is 2.04. The van der Waals surface area contributed by atoms with E-state index in [1.54, 1.807) is 0 Å². The summed E-state index contributed by atoms with van der Waals surface area (Å²) in [5.74, 6) is -2.71. The van der Waals surface area contributed by atoms with Gasteiger partial charge in [0, 0.05) is 25.8 Å². The molecule has 3 amide bonds. The first-order valence-corrected chi connectivity index (χ1v) is 6.22. The molecule has 0 bridgehead atoms. The summed E-state index contributed by atoms with van der Waals surface area (Å²) in [5, 5.41) is 11.3. The van der Waals surface area contributed by atoms with Crippen molar-refractivity contribution in [2.75, 3.05) is 31.6 Å². The Morgan fingerprint density at radius 2 is 2.19 bits per heavy atom. The van der Waals surface area contributed by atoms with Crippen molar-refractivity contribution in [3.8, 4) is 0 Å². The minimum absolute atomic E-state index is 0.268. The van der Waals surface area contributed by atoms with E-state index < -0.39 is 24.2 Å². The summed E-state index contributed by atoms with van der Waals surface area (Å²) >= 11 is 0. The maximum Gasteiger partial charge on any atom is 0.323 e. The number of amides is 3. The third-order valence-corrected chi connectivity index (χ3v) is 3.07. The molecule has 1 aromatic carbocycles. The Bertz CT molecular complexity index is 605. The highest BCUT2D eigenvalue weighted by Gasteiger charge is 2.24. The number of carbonyl (C=O) groups is 3. The smallest absolute Gasteiger partial charge is 0.323 e. The lowest BCUT2D eigenvalue weighted by molar-refractivity contribution is -0.137. The van der Waals surface area contributed by atoms with Gasteiger partial charge in [-0.15, -0.1) is 0 Å². The largest absolute Gasteiger partial charge is 0.480 e. The zero-order chi connectivity index (χ0) is 15.6. The van der Waals surface area contributed by atoms with Crippen LogP contribution >= 0.6 is 0 Å². The van der Waals surface area contributed by atoms with Gasteiger partial charge in [-0.2, -0.15) is 0 Å². The number of halogens is 1. The summed E-state index contributed by atoms with van der Waals surface area (Å²) in [5.41, 5.74) is 0.120. The van der Waals surface area contributed by atoms with Gasteiger partial charge >= 0.3 is 12.0 Å². The molecular formula is C13H14FN3O4. The molecule has 0 unspecified atom stereocenters. The van der Waals surface area contributed by atoms with E-state index in [4.69, 9.17) is 5.11 Å². The molecule has 1 aliphatic rings. The second kappa shape index (κ2) is 5.78. The quantitative estimate of drug-likeness (QED) is 0.847. The number of nitrogens with one attached hydrogen (secondary N) is 1. The predicted octanol–water partition coefficient (Wildman–Crippen LogP) is 0.512. The van der Waals surface area contributed by atoms with Crippen LogP contribution in [-0.2, 0) is 4.79 Å². The summed E-state index contributed by atoms with van der Waals surface area (Å²) in [6.45, 7) is 0.355. The van der Waals surface area contributed by atoms with Gasteiger partial charge in [0.2, 0.25) is 0 Å². The van der Waals surface area contributed by atoms with E-state index in [2.05, 4.69) is 5.32 Å². The highest BCUT2D eigenvalue weighted by Crippen LogP contribution is 2.21. The number of anilines is 1. The number of hydrogen-bond acceptors (Lipinski definition) is 3. The zero-order valence-electron chi connectivity index (χ0n) is 11.3. The van der Waals surface area contributed by atoms with E-state index in [1.165, 1.54) is 24.1 Å². The fourth-order valence-corrected chi connectivity index (χ4v) is 2.04. The minimum Gasteiger partial charge on any atom is -0.480 e. The van der Waals surface area contributed by atoms with Crippen molar-refractivity contribution in [2.45, 2.75) is 0 Å². The lowest BCUT2D eigenvalue weighted by Gasteiger charge is -2.18. The first kappa shape index (κ1) is 14.8. The summed E-state index contributed by atoms with van der Waals surface area (Å²) in [4.78, 5) is 36.5. The van der Waals surface area contributed by atoms with Crippen LogP contribution in [0.2, 0.25) is 0 Å². The van der Waals surface area contributed by atoms with E-state index in [1.807, 2.05) is 0 Å². The Kier molecular flexibility index (Phi) is 4.06. The monoisotopic (exact) mass is 295 g/mol. The topological polar surface area (TPSA) is 90.0 Å². The standard InChI is InChI=1S/C13H14FN3O4/c1-16(7-11(18)19)12(20)9-6-8(2-3-10(9)14)17-5-4-15-13(17)21/h2-3,6H,4-5,7H2,1H3,(H,15,21)(H,18,19). The highest BCUT2D eigenvalue weighted by atomic mass is 19.1. The molecule has 2 N–H and O–H groups in total. The van der Waals surface area contributed by atoms with Gasteiger partial charge in [0.15, 0.2) is 0 Å². The first-order valence-electron chi connectivity index (χ1n) is 6.22. The molecule has 1 aliphatic heterocycles. The maximum absolute atomic E-state index is 13.8. The molecule has 0 radical (unpaired) electrons. The Labute approximate surface area is 119 Å². The SMILES string of the molecule is CN(CC(=O)O)C(=O)c1cc(N2CCNC2=O)ccc1F. The van der Waals surface area contributed by atoms with Crippen LogP contribution in [0.15, 0.2) is 18.2 Å². The van der Waals surface area contributed by atoms with E-state index in [-0.39, 0.29) is 11.6 Å². The third-order valence-electron chi connectivity index (χ3n) is 3.07. The number of urea groups is 1. The van der Waals surface area contributed by atoms with Crippen LogP contribution in [0.4, 0.5) is 14.9 Å². The Morgan fingerprint density at radius 1 is 1.48 bits per heavy atom. The molecular weight excluding hydrogens is 281 g/mol. The molecule has 0 aliphatic carbocycles. The van der Waals surface area contributed by atoms with Crippen molar-refractivity contribution in [3.05, 3.63) is 29.6 Å². The van der Waals surface area contributed by atoms with E-state index in [0.29, 0.717) is 18.8 Å². The normalized spacial score (nSPS) is 14.0. The van der Waals surface area contributed by atoms with E-state index >= 15 is 0 Å². The average molecular weight is 295 g/mol. The number of nitrogens with zero attached hydrogens (tertiary/aromatic N) is 2. The number of carbonyl (C=O) groups excluding carboxylic acids is 2. The molecule has 0 aromatic heterocycles. The zero-order valence-corrected chi connectivity index (χ0v) is 11.3. The van der Waals surface area contributed by atoms with E-state index in [0.717, 1.165) is 11.0 Å². The predicted molar refractivity (Wildman–Crippen MR) is 71.7 cm³/mol. The number of likely N-dealkylation sites (N-methyl/N-ethyl adjacent to an activating group) is 1. The van der Waals surface area contributed by atoms with Crippen molar-refractivity contribution in [2.24, 2.45) is 0 Å². The molecule has 1 heterocycles. The molecule has 7 nitrogen and oxygen atoms in total. The molecule has 0 atom stereocenters. The van der Waals surface area contributed by atoms with Gasteiger partial charge in [0.1, 0.15) is 12.4 Å². The van der Waals surface area contributed by atoms with Crippen molar-refractivity contribution < 1.29 is 23.9 Å². The summed E-state index contributed by atoms with van der Waals surface area (Å²) < 4.78 is 13.8. The van der Waals surface area contributed by atoms with E-state index in [9.17, 15) is 18.8 Å². The Morgan fingerprint density at radius 3 is 2.76 bits per heavy atom. The first-order chi connectivity index (χ1) is 9.90. The fraction of sp³-hybridized carbons (Fsp3) is 0.308. The van der Waals surface area contributed by atoms with Crippen molar-refractivity contribution in [1.29, 1.82) is 0 Å². The number of carboxylic acids is 1. The molecule has 8 heteroatoms. The summed E-state index contributed by atoms with van der Waals surface area (Å²) in [7, 11) is 1.27. The lowest BCUT2D eigenvalue weighted by atomic mass is 10.1. The van der Waals surface area contributed by atoms with Crippen LogP contribution in [0, 0.1) is 5.82 Å². The van der Waals surface area contributed by atoms with Gasteiger partial charge in [-0.05, 0) is 18.2 Å². The molecule has 112 valence electrons. The highest BCUT2D eigenvalue weighted by molar-refractivity contribution is 5.99. The molecule has 0 spiro atoms. The third kappa shape index (κ3) is 3.10. The molecule has 2 rings (SSSR count). The number of carboxylic acid groups (broad SMARTS) is 1. The summed E-state index contributed by atoms with van der Waals surface area (Å²) in [6.07, 6.45) is 0. The number of aliphatic carboxylic acids is 1. The Balaban J connectivity index is 2.28. The summed E-state index contributed by atoms with van der Waals surface area (Å²) in [6, 6.07) is 3.41. The average Bonchev–Trinajstić information content (AvgIpc) is 2.84. The van der Waals surface area contributed by atoms with Crippen molar-refractivity contribution >= 4 is 23.6 Å². The van der Waals surface area contributed by atoms with Gasteiger partial charge < -0.3 is 15.3 Å². The van der Waals surface area contributed by atoms with Crippen LogP contribution in [0.5, 0.6) is 0 Å². The second-order valence-electron chi connectivity index (χ2n) is 4.60. The number of rotatable bonds is 4. The number of hydrogen-bond donors (Lipinski definition) is 2. The van der Waals surface area contributed by atoms with Crippen molar-refractivity contribution in [1.82, 2.24) is 10.2 Å². The van der Waals surface area contributed by atoms with Crippen LogP contribution in [0.3, 0.4) is 0 Å². The van der Waals surface area contributed by atoms with Crippen LogP contribution in [-0.4, -0.2) is 54.6 Å².